The molecule has 0 radical (unpaired) electrons. The lowest BCUT2D eigenvalue weighted by molar-refractivity contribution is 0.332. The van der Waals surface area contributed by atoms with E-state index in [4.69, 9.17) is 4.42 Å². The summed E-state index contributed by atoms with van der Waals surface area (Å²) in [5.74, 6) is 0. The van der Waals surface area contributed by atoms with E-state index in [0.29, 0.717) is 6.54 Å². The number of hydrogen-bond acceptors (Lipinski definition) is 5. The first-order chi connectivity index (χ1) is 41.8. The van der Waals surface area contributed by atoms with Gasteiger partial charge >= 0.3 is 0 Å². The van der Waals surface area contributed by atoms with Gasteiger partial charge in [0.2, 0.25) is 0 Å². The summed E-state index contributed by atoms with van der Waals surface area (Å²) in [4.78, 5) is 8.13. The molecule has 3 aliphatic carbocycles. The molecule has 2 aliphatic heterocycles. The zero-order valence-electron chi connectivity index (χ0n) is 56.5. The molecule has 0 spiro atoms. The molecular formula is C83H92BN3OS. The van der Waals surface area contributed by atoms with Crippen molar-refractivity contribution in [1.29, 1.82) is 0 Å². The van der Waals surface area contributed by atoms with E-state index >= 15 is 0 Å². The van der Waals surface area contributed by atoms with Crippen molar-refractivity contribution in [3.8, 4) is 0 Å². The molecule has 4 nitrogen and oxygen atoms in total. The van der Waals surface area contributed by atoms with Gasteiger partial charge in [0.05, 0.1) is 11.4 Å². The van der Waals surface area contributed by atoms with Crippen molar-refractivity contribution in [2.75, 3.05) is 14.7 Å². The molecule has 0 atom stereocenters. The van der Waals surface area contributed by atoms with Crippen molar-refractivity contribution in [3.05, 3.63) is 196 Å². The minimum absolute atomic E-state index is 0.00333. The largest absolute Gasteiger partial charge is 0.456 e. The van der Waals surface area contributed by atoms with Crippen LogP contribution in [-0.4, -0.2) is 6.71 Å². The molecule has 10 aromatic rings. The Morgan fingerprint density at radius 2 is 0.966 bits per heavy atom. The molecule has 2 aromatic heterocycles. The summed E-state index contributed by atoms with van der Waals surface area (Å²) >= 11 is 2.07. The fourth-order valence-electron chi connectivity index (χ4n) is 16.8. The predicted octanol–water partition coefficient (Wildman–Crippen LogP) is 21.9. The summed E-state index contributed by atoms with van der Waals surface area (Å²) in [7, 11) is 0. The van der Waals surface area contributed by atoms with E-state index < -0.39 is 0 Å². The predicted molar refractivity (Wildman–Crippen MR) is 385 cm³/mol. The maximum Gasteiger partial charge on any atom is 0.264 e. The minimum atomic E-state index is -0.0442. The van der Waals surface area contributed by atoms with Crippen LogP contribution in [-0.2, 0) is 49.9 Å². The Labute approximate surface area is 535 Å². The quantitative estimate of drug-likeness (QED) is 0.155. The van der Waals surface area contributed by atoms with E-state index in [1.54, 1.807) is 0 Å². The molecule has 0 unspecified atom stereocenters. The van der Waals surface area contributed by atoms with Gasteiger partial charge in [-0.1, -0.05) is 191 Å². The standard InChI is InChI=1S/C83H92BN3OS/c1-76(2,3)51-26-30-53(31-27-51)86(54-32-28-52(29-33-54)77(4,5)6)56-43-67-73-68(44-56)87(55-34-35-59-60(42-55)79(9,10)37-36-78(59,7)8)66-47-63-62(81(13,14)39-40-82(63,15)16)46-65(66)84(73)75-74(58-45-61-64(48-71(58)89-75)83(17,18)41-38-80(61,11)12)85(67)49-50-22-21-25-70-72(50)57-23-19-20-24-69(57)88-70/h19-35,42-48H,36-41,49H2,1-18H3. The second-order valence-corrected chi connectivity index (χ2v) is 34.9. The van der Waals surface area contributed by atoms with Gasteiger partial charge in [0, 0.05) is 66.3 Å². The Kier molecular flexibility index (Phi) is 12.6. The van der Waals surface area contributed by atoms with E-state index in [-0.39, 0.29) is 50.0 Å². The molecule has 15 rings (SSSR count). The molecule has 6 heteroatoms. The lowest BCUT2D eigenvalue weighted by Crippen LogP contribution is -2.61. The number of rotatable bonds is 6. The monoisotopic (exact) mass is 1190 g/mol. The zero-order chi connectivity index (χ0) is 62.7. The van der Waals surface area contributed by atoms with E-state index in [0.717, 1.165) is 59.3 Å². The molecule has 0 amide bonds. The Balaban J connectivity index is 1.11. The van der Waals surface area contributed by atoms with Crippen molar-refractivity contribution >= 4 is 111 Å². The lowest BCUT2D eigenvalue weighted by atomic mass is 9.35. The third-order valence-electron chi connectivity index (χ3n) is 22.8. The highest BCUT2D eigenvalue weighted by Crippen LogP contribution is 2.56. The average molecular weight is 1190 g/mol. The van der Waals surface area contributed by atoms with E-state index in [9.17, 15) is 0 Å². The normalized spacial score (nSPS) is 18.9. The summed E-state index contributed by atoms with van der Waals surface area (Å²) in [6.07, 6.45) is 6.94. The molecule has 0 saturated carbocycles. The Bertz CT molecular complexity index is 4510. The number of hydrogen-bond donors (Lipinski definition) is 0. The molecule has 0 saturated heterocycles. The Hall–Kier alpha value is -7.02. The van der Waals surface area contributed by atoms with Gasteiger partial charge in [-0.05, 0) is 222 Å². The van der Waals surface area contributed by atoms with Crippen molar-refractivity contribution in [2.45, 2.75) is 213 Å². The summed E-state index contributed by atoms with van der Waals surface area (Å²) in [6, 6.07) is 58.1. The molecule has 0 fully saturated rings. The SMILES string of the molecule is CC(C)(C)c1ccc(N(c2ccc(C(C)(C)C)cc2)c2cc3c4c(c2)N(c2ccc5c(c2)C(C)(C)CCC5(C)C)c2cc5c(cc2B4c2sc4cc6c(cc4c2N3Cc2cccc3oc4ccccc4c23)C(C)(C)CCC6(C)C)C(C)(C)CCC5(C)C)cc1. The van der Waals surface area contributed by atoms with Crippen LogP contribution in [0.25, 0.3) is 32.0 Å². The van der Waals surface area contributed by atoms with Crippen LogP contribution in [0.2, 0.25) is 0 Å². The van der Waals surface area contributed by atoms with Gasteiger partial charge in [-0.15, -0.1) is 11.3 Å². The maximum absolute atomic E-state index is 6.77. The highest BCUT2D eigenvalue weighted by atomic mass is 32.1. The summed E-state index contributed by atoms with van der Waals surface area (Å²) in [5, 5.41) is 3.72. The smallest absolute Gasteiger partial charge is 0.264 e. The third kappa shape index (κ3) is 9.07. The highest BCUT2D eigenvalue weighted by molar-refractivity contribution is 7.33. The van der Waals surface area contributed by atoms with Crippen LogP contribution in [0.1, 0.15) is 213 Å². The molecule has 454 valence electrons. The number of anilines is 8. The van der Waals surface area contributed by atoms with Crippen molar-refractivity contribution < 1.29 is 4.42 Å². The molecule has 4 heterocycles. The lowest BCUT2D eigenvalue weighted by Gasteiger charge is -2.48. The fourth-order valence-corrected chi connectivity index (χ4v) is 18.1. The van der Waals surface area contributed by atoms with Crippen LogP contribution in [0.15, 0.2) is 150 Å². The van der Waals surface area contributed by atoms with Crippen LogP contribution in [0, 0.1) is 0 Å². The highest BCUT2D eigenvalue weighted by Gasteiger charge is 2.50. The van der Waals surface area contributed by atoms with E-state index in [2.05, 4.69) is 296 Å². The number of thiophene rings is 1. The van der Waals surface area contributed by atoms with E-state index in [1.165, 1.54) is 123 Å². The summed E-state index contributed by atoms with van der Waals surface area (Å²) < 4.78 is 9.59. The zero-order valence-corrected chi connectivity index (χ0v) is 57.4. The van der Waals surface area contributed by atoms with Crippen LogP contribution in [0.5, 0.6) is 0 Å². The summed E-state index contributed by atoms with van der Waals surface area (Å²) in [5.41, 5.74) is 27.4. The summed E-state index contributed by atoms with van der Waals surface area (Å²) in [6.45, 7) is 44.5. The van der Waals surface area contributed by atoms with Crippen molar-refractivity contribution in [2.24, 2.45) is 0 Å². The first-order valence-corrected chi connectivity index (χ1v) is 34.2. The Morgan fingerprint density at radius 3 is 1.55 bits per heavy atom. The molecular weight excluding hydrogens is 1100 g/mol. The minimum Gasteiger partial charge on any atom is -0.456 e. The van der Waals surface area contributed by atoms with Gasteiger partial charge in [0.1, 0.15) is 11.2 Å². The van der Waals surface area contributed by atoms with Crippen molar-refractivity contribution in [1.82, 2.24) is 0 Å². The number of para-hydroxylation sites is 1. The molecule has 89 heavy (non-hydrogen) atoms. The van der Waals surface area contributed by atoms with Crippen LogP contribution in [0.3, 0.4) is 0 Å². The number of fused-ring (bicyclic) bond motifs is 12. The molecule has 8 aromatic carbocycles. The van der Waals surface area contributed by atoms with Gasteiger partial charge in [-0.2, -0.15) is 0 Å². The topological polar surface area (TPSA) is 22.9 Å². The Morgan fingerprint density at radius 1 is 0.461 bits per heavy atom. The van der Waals surface area contributed by atoms with Gasteiger partial charge in [0.15, 0.2) is 0 Å². The van der Waals surface area contributed by atoms with Crippen LogP contribution in [0.4, 0.5) is 45.5 Å². The van der Waals surface area contributed by atoms with Gasteiger partial charge < -0.3 is 19.1 Å². The van der Waals surface area contributed by atoms with E-state index in [1.807, 2.05) is 0 Å². The number of nitrogens with zero attached hydrogens (tertiary/aromatic N) is 3. The fraction of sp³-hybridized carbons (Fsp3) is 0.398. The molecule has 0 N–H and O–H groups in total. The second kappa shape index (κ2) is 19.3. The van der Waals surface area contributed by atoms with Gasteiger partial charge in [-0.3, -0.25) is 0 Å². The first kappa shape index (κ1) is 58.4. The number of benzene rings is 8. The average Bonchev–Trinajstić information content (AvgIpc) is 1.68. The molecule has 5 aliphatic rings. The third-order valence-corrected chi connectivity index (χ3v) is 24.0. The van der Waals surface area contributed by atoms with Crippen molar-refractivity contribution in [3.63, 3.8) is 0 Å². The van der Waals surface area contributed by atoms with Crippen LogP contribution >= 0.6 is 11.3 Å². The second-order valence-electron chi connectivity index (χ2n) is 33.8. The molecule has 0 bridgehead atoms. The van der Waals surface area contributed by atoms with Gasteiger partial charge in [0.25, 0.3) is 6.71 Å². The maximum atomic E-state index is 6.77. The van der Waals surface area contributed by atoms with Gasteiger partial charge in [-0.25, -0.2) is 0 Å². The number of furan rings is 1. The first-order valence-electron chi connectivity index (χ1n) is 33.4. The van der Waals surface area contributed by atoms with Crippen LogP contribution < -0.4 is 30.4 Å².